The van der Waals surface area contributed by atoms with Crippen LogP contribution >= 0.6 is 23.1 Å². The molecule has 4 rings (SSSR count). The molecule has 0 saturated heterocycles. The maximum Gasteiger partial charge on any atom is 0.237 e. The third kappa shape index (κ3) is 4.78. The molecule has 3 aromatic rings. The van der Waals surface area contributed by atoms with Gasteiger partial charge in [-0.1, -0.05) is 59.7 Å². The highest BCUT2D eigenvalue weighted by Gasteiger charge is 2.16. The average molecular weight is 404 g/mol. The Morgan fingerprint density at radius 3 is 3.00 bits per heavy atom. The summed E-state index contributed by atoms with van der Waals surface area (Å²) in [5.74, 6) is 2.45. The molecule has 142 valence electrons. The molecule has 0 atom stereocenters. The topological polar surface area (TPSA) is 86.0 Å². The van der Waals surface area contributed by atoms with Gasteiger partial charge in [0, 0.05) is 11.6 Å². The summed E-state index contributed by atoms with van der Waals surface area (Å²) >= 11 is 3.13. The Hall–Kier alpha value is -2.13. The van der Waals surface area contributed by atoms with Gasteiger partial charge in [0.05, 0.1) is 12.9 Å². The van der Waals surface area contributed by atoms with Gasteiger partial charge in [0.2, 0.25) is 16.8 Å². The van der Waals surface area contributed by atoms with E-state index >= 15 is 0 Å². The highest BCUT2D eigenvalue weighted by molar-refractivity contribution is 8.00. The molecule has 0 radical (unpaired) electrons. The lowest BCUT2D eigenvalue weighted by atomic mass is 9.96. The third-order valence-electron chi connectivity index (χ3n) is 4.45. The van der Waals surface area contributed by atoms with Crippen LogP contribution in [0.5, 0.6) is 5.75 Å². The van der Waals surface area contributed by atoms with Crippen LogP contribution in [0, 0.1) is 0 Å². The summed E-state index contributed by atoms with van der Waals surface area (Å²) in [7, 11) is 1.64. The van der Waals surface area contributed by atoms with E-state index in [4.69, 9.17) is 9.26 Å². The van der Waals surface area contributed by atoms with Gasteiger partial charge in [0.15, 0.2) is 4.34 Å². The second-order valence-corrected chi connectivity index (χ2v) is 8.58. The van der Waals surface area contributed by atoms with Gasteiger partial charge in [-0.3, -0.25) is 0 Å². The molecular formula is C18H21N5O2S2. The smallest absolute Gasteiger partial charge is 0.237 e. The number of anilines is 1. The van der Waals surface area contributed by atoms with E-state index in [1.165, 1.54) is 32.1 Å². The molecule has 0 unspecified atom stereocenters. The van der Waals surface area contributed by atoms with Crippen LogP contribution < -0.4 is 10.1 Å². The predicted molar refractivity (Wildman–Crippen MR) is 106 cm³/mol. The van der Waals surface area contributed by atoms with Crippen LogP contribution in [0.3, 0.4) is 0 Å². The number of hydrogen-bond acceptors (Lipinski definition) is 9. The summed E-state index contributed by atoms with van der Waals surface area (Å²) in [4.78, 5) is 4.46. The van der Waals surface area contributed by atoms with E-state index in [-0.39, 0.29) is 0 Å². The van der Waals surface area contributed by atoms with Crippen molar-refractivity contribution in [3.05, 3.63) is 30.2 Å². The van der Waals surface area contributed by atoms with E-state index in [9.17, 15) is 0 Å². The van der Waals surface area contributed by atoms with Gasteiger partial charge < -0.3 is 14.6 Å². The standard InChI is InChI=1S/C18H21N5O2S2/c1-24-14-9-5-6-12(10-14)16-20-15(25-23-16)11-26-18-22-21-17(27-18)19-13-7-3-2-4-8-13/h5-6,9-10,13H,2-4,7-8,11H2,1H3,(H,19,21). The largest absolute Gasteiger partial charge is 0.497 e. The first-order chi connectivity index (χ1) is 13.3. The number of hydrogen-bond donors (Lipinski definition) is 1. The van der Waals surface area contributed by atoms with Crippen molar-refractivity contribution < 1.29 is 9.26 Å². The molecule has 9 heteroatoms. The molecule has 1 N–H and O–H groups in total. The van der Waals surface area contributed by atoms with Crippen molar-refractivity contribution in [1.82, 2.24) is 20.3 Å². The van der Waals surface area contributed by atoms with Crippen LogP contribution in [0.2, 0.25) is 0 Å². The SMILES string of the molecule is COc1cccc(-c2noc(CSc3nnc(NC4CCCCC4)s3)n2)c1. The average Bonchev–Trinajstić information content (AvgIpc) is 3.37. The quantitative estimate of drug-likeness (QED) is 0.571. The van der Waals surface area contributed by atoms with Gasteiger partial charge in [-0.15, -0.1) is 10.2 Å². The molecule has 1 fully saturated rings. The fraction of sp³-hybridized carbons (Fsp3) is 0.444. The molecule has 1 saturated carbocycles. The Balaban J connectivity index is 1.33. The molecule has 1 aromatic carbocycles. The molecule has 0 aliphatic heterocycles. The number of nitrogens with zero attached hydrogens (tertiary/aromatic N) is 4. The number of aromatic nitrogens is 4. The lowest BCUT2D eigenvalue weighted by Gasteiger charge is -2.21. The molecule has 7 nitrogen and oxygen atoms in total. The van der Waals surface area contributed by atoms with Crippen LogP contribution in [-0.2, 0) is 5.75 Å². The maximum absolute atomic E-state index is 5.36. The van der Waals surface area contributed by atoms with Crippen LogP contribution in [0.4, 0.5) is 5.13 Å². The van der Waals surface area contributed by atoms with Crippen LogP contribution in [0.25, 0.3) is 11.4 Å². The first-order valence-electron chi connectivity index (χ1n) is 9.00. The second-order valence-electron chi connectivity index (χ2n) is 6.38. The molecular weight excluding hydrogens is 382 g/mol. The summed E-state index contributed by atoms with van der Waals surface area (Å²) < 4.78 is 11.5. The van der Waals surface area contributed by atoms with Gasteiger partial charge in [-0.25, -0.2) is 0 Å². The van der Waals surface area contributed by atoms with E-state index in [1.54, 1.807) is 30.2 Å². The first kappa shape index (κ1) is 18.2. The zero-order chi connectivity index (χ0) is 18.5. The summed E-state index contributed by atoms with van der Waals surface area (Å²) in [6.07, 6.45) is 6.38. The third-order valence-corrected chi connectivity index (χ3v) is 6.43. The molecule has 0 bridgehead atoms. The van der Waals surface area contributed by atoms with Crippen LogP contribution in [-0.4, -0.2) is 33.5 Å². The number of thioether (sulfide) groups is 1. The fourth-order valence-electron chi connectivity index (χ4n) is 3.06. The lowest BCUT2D eigenvalue weighted by Crippen LogP contribution is -2.21. The van der Waals surface area contributed by atoms with Crippen molar-refractivity contribution in [1.29, 1.82) is 0 Å². The highest BCUT2D eigenvalue weighted by Crippen LogP contribution is 2.30. The number of methoxy groups -OCH3 is 1. The Labute approximate surface area is 165 Å². The Morgan fingerprint density at radius 2 is 2.15 bits per heavy atom. The molecule has 1 aliphatic rings. The van der Waals surface area contributed by atoms with E-state index in [1.807, 2.05) is 24.3 Å². The van der Waals surface area contributed by atoms with Crippen molar-refractivity contribution in [3.63, 3.8) is 0 Å². The Kier molecular flexibility index (Phi) is 5.88. The summed E-state index contributed by atoms with van der Waals surface area (Å²) in [6, 6.07) is 8.13. The van der Waals surface area contributed by atoms with E-state index in [2.05, 4.69) is 25.7 Å². The van der Waals surface area contributed by atoms with Crippen molar-refractivity contribution in [3.8, 4) is 17.1 Å². The molecule has 2 heterocycles. The molecule has 0 spiro atoms. The summed E-state index contributed by atoms with van der Waals surface area (Å²) in [5.41, 5.74) is 0.865. The van der Waals surface area contributed by atoms with Crippen LogP contribution in [0.15, 0.2) is 33.1 Å². The number of ether oxygens (including phenoxy) is 1. The van der Waals surface area contributed by atoms with E-state index in [0.717, 1.165) is 20.8 Å². The van der Waals surface area contributed by atoms with Gasteiger partial charge in [0.1, 0.15) is 5.75 Å². The van der Waals surface area contributed by atoms with Crippen LogP contribution in [0.1, 0.15) is 38.0 Å². The summed E-state index contributed by atoms with van der Waals surface area (Å²) in [6.45, 7) is 0. The minimum atomic E-state index is 0.533. The van der Waals surface area contributed by atoms with Crippen molar-refractivity contribution in [2.45, 2.75) is 48.2 Å². The number of nitrogens with one attached hydrogen (secondary N) is 1. The highest BCUT2D eigenvalue weighted by atomic mass is 32.2. The van der Waals surface area contributed by atoms with Gasteiger partial charge in [-0.05, 0) is 25.0 Å². The molecule has 1 aliphatic carbocycles. The zero-order valence-corrected chi connectivity index (χ0v) is 16.7. The number of rotatable bonds is 7. The zero-order valence-electron chi connectivity index (χ0n) is 15.1. The second kappa shape index (κ2) is 8.71. The van der Waals surface area contributed by atoms with Gasteiger partial charge >= 0.3 is 0 Å². The molecule has 2 aromatic heterocycles. The van der Waals surface area contributed by atoms with Crippen molar-refractivity contribution in [2.75, 3.05) is 12.4 Å². The fourth-order valence-corrected chi connectivity index (χ4v) is 4.73. The minimum Gasteiger partial charge on any atom is -0.497 e. The van der Waals surface area contributed by atoms with Gasteiger partial charge in [-0.2, -0.15) is 4.98 Å². The Bertz CT molecular complexity index is 876. The lowest BCUT2D eigenvalue weighted by molar-refractivity contribution is 0.391. The van der Waals surface area contributed by atoms with E-state index in [0.29, 0.717) is 23.5 Å². The van der Waals surface area contributed by atoms with Crippen molar-refractivity contribution in [2.24, 2.45) is 0 Å². The predicted octanol–water partition coefficient (Wildman–Crippen LogP) is 4.63. The molecule has 27 heavy (non-hydrogen) atoms. The van der Waals surface area contributed by atoms with Crippen molar-refractivity contribution >= 4 is 28.2 Å². The maximum atomic E-state index is 5.36. The van der Waals surface area contributed by atoms with E-state index < -0.39 is 0 Å². The first-order valence-corrected chi connectivity index (χ1v) is 10.8. The normalized spacial score (nSPS) is 15.0. The monoisotopic (exact) mass is 403 g/mol. The number of benzene rings is 1. The summed E-state index contributed by atoms with van der Waals surface area (Å²) in [5, 5.41) is 17.0. The molecule has 0 amide bonds. The Morgan fingerprint density at radius 1 is 1.26 bits per heavy atom. The van der Waals surface area contributed by atoms with Gasteiger partial charge in [0.25, 0.3) is 0 Å². The minimum absolute atomic E-state index is 0.533.